The van der Waals surface area contributed by atoms with Crippen LogP contribution in [0.2, 0.25) is 0 Å². The molecule has 0 amide bonds. The fraction of sp³-hybridized carbons (Fsp3) is 0.385. The number of rotatable bonds is 7. The molecule has 6 heteroatoms. The lowest BCUT2D eigenvalue weighted by Crippen LogP contribution is -2.03. The van der Waals surface area contributed by atoms with Crippen LogP contribution in [0.5, 0.6) is 0 Å². The van der Waals surface area contributed by atoms with E-state index in [0.29, 0.717) is 0 Å². The molecule has 2 rings (SSSR count). The largest absolute Gasteiger partial charge is 1.00 e. The fourth-order valence-electron chi connectivity index (χ4n) is 1.63. The van der Waals surface area contributed by atoms with Crippen molar-refractivity contribution in [2.24, 2.45) is 5.73 Å². The molecule has 0 aliphatic rings. The molecule has 0 saturated carbocycles. The van der Waals surface area contributed by atoms with Crippen LogP contribution < -0.4 is 11.1 Å². The predicted octanol–water partition coefficient (Wildman–Crippen LogP) is 3.51. The Morgan fingerprint density at radius 2 is 2.11 bits per heavy atom. The quantitative estimate of drug-likeness (QED) is 0.768. The van der Waals surface area contributed by atoms with Crippen LogP contribution in [0.3, 0.4) is 0 Å². The number of anilines is 1. The van der Waals surface area contributed by atoms with Gasteiger partial charge in [0.2, 0.25) is 0 Å². The van der Waals surface area contributed by atoms with Crippen LogP contribution in [0.4, 0.5) is 5.13 Å². The van der Waals surface area contributed by atoms with Gasteiger partial charge in [0.25, 0.3) is 0 Å². The third kappa shape index (κ3) is 5.14. The van der Waals surface area contributed by atoms with Crippen molar-refractivity contribution < 1.29 is 4.28 Å². The molecule has 4 nitrogen and oxygen atoms in total. The molecule has 19 heavy (non-hydrogen) atoms. The molecule has 0 aliphatic carbocycles. The fourth-order valence-corrected chi connectivity index (χ4v) is 2.36. The first kappa shape index (κ1) is 15.9. The van der Waals surface area contributed by atoms with Gasteiger partial charge in [0.1, 0.15) is 5.69 Å². The van der Waals surface area contributed by atoms with Crippen molar-refractivity contribution in [3.05, 3.63) is 29.8 Å². The summed E-state index contributed by atoms with van der Waals surface area (Å²) >= 11 is 1.62. The molecule has 0 radical (unpaired) electrons. The zero-order chi connectivity index (χ0) is 12.6. The molecule has 3 N–H and O–H groups in total. The van der Waals surface area contributed by atoms with Crippen LogP contribution in [0.25, 0.3) is 11.4 Å². The Hall–Kier alpha value is -1.17. The Kier molecular flexibility index (Phi) is 7.40. The van der Waals surface area contributed by atoms with Crippen LogP contribution in [-0.2, 0) is 0 Å². The number of thiazole rings is 1. The van der Waals surface area contributed by atoms with Crippen molar-refractivity contribution in [2.45, 2.75) is 19.3 Å². The number of aromatic nitrogens is 2. The lowest BCUT2D eigenvalue weighted by atomic mass is 10.2. The molecule has 0 aromatic carbocycles. The van der Waals surface area contributed by atoms with E-state index in [0.717, 1.165) is 42.5 Å². The minimum Gasteiger partial charge on any atom is -0.362 e. The summed E-state index contributed by atoms with van der Waals surface area (Å²) in [4.78, 5) is 8.80. The van der Waals surface area contributed by atoms with E-state index >= 15 is 0 Å². The minimum atomic E-state index is 0. The first-order chi connectivity index (χ1) is 8.90. The summed E-state index contributed by atoms with van der Waals surface area (Å²) in [5, 5.41) is 6.33. The summed E-state index contributed by atoms with van der Waals surface area (Å²) in [7, 11) is 0. The molecule has 0 bridgehead atoms. The second-order valence-electron chi connectivity index (χ2n) is 4.03. The highest BCUT2D eigenvalue weighted by Gasteiger charge is 2.04. The Morgan fingerprint density at radius 1 is 1.21 bits per heavy atom. The van der Waals surface area contributed by atoms with Crippen molar-refractivity contribution in [2.75, 3.05) is 18.4 Å². The number of unbranched alkanes of at least 4 members (excludes halogenated alkanes) is 2. The lowest BCUT2D eigenvalue weighted by Gasteiger charge is -2.01. The second kappa shape index (κ2) is 8.85. The van der Waals surface area contributed by atoms with Crippen molar-refractivity contribution >= 4 is 28.9 Å². The topological polar surface area (TPSA) is 63.8 Å². The molecule has 0 spiro atoms. The number of nitrogens with one attached hydrogen (secondary N) is 1. The Balaban J connectivity index is -0.000000902. The molecule has 0 atom stereocenters. The van der Waals surface area contributed by atoms with Gasteiger partial charge in [0.05, 0.1) is 5.69 Å². The van der Waals surface area contributed by atoms with Crippen LogP contribution in [-0.4, -0.2) is 23.1 Å². The van der Waals surface area contributed by atoms with E-state index in [-0.39, 0.29) is 16.7 Å². The standard InChI is InChI=1S/C13H18N4S.ClH/c14-7-3-1-4-9-16-13-17-12(10-18-13)11-6-2-5-8-15-11;/h2,5-6,8,10H,1,3-4,7,9,14H2,(H,16,17);1H/p+3. The zero-order valence-corrected chi connectivity index (χ0v) is 12.3. The maximum Gasteiger partial charge on any atom is 1.00 e. The van der Waals surface area contributed by atoms with Gasteiger partial charge in [-0.15, -0.1) is 23.7 Å². The number of nitrogens with two attached hydrogens (primary N) is 1. The Morgan fingerprint density at radius 3 is 2.84 bits per heavy atom. The van der Waals surface area contributed by atoms with E-state index < -0.39 is 0 Å². The van der Waals surface area contributed by atoms with E-state index in [1.165, 1.54) is 6.42 Å². The van der Waals surface area contributed by atoms with Gasteiger partial charge < -0.3 is 11.1 Å². The number of pyridine rings is 1. The summed E-state index contributed by atoms with van der Waals surface area (Å²) in [6.07, 6.45) is 5.19. The van der Waals surface area contributed by atoms with Gasteiger partial charge in [-0.25, -0.2) is 4.98 Å². The summed E-state index contributed by atoms with van der Waals surface area (Å²) in [6.45, 7) is 1.73. The average molecular weight is 302 g/mol. The lowest BCUT2D eigenvalue weighted by molar-refractivity contribution is 0.707. The van der Waals surface area contributed by atoms with Crippen molar-refractivity contribution in [1.82, 2.24) is 9.97 Å². The van der Waals surface area contributed by atoms with Crippen molar-refractivity contribution in [3.8, 4) is 11.4 Å². The van der Waals surface area contributed by atoms with Crippen LogP contribution in [0, 0.1) is 0 Å². The van der Waals surface area contributed by atoms with Crippen LogP contribution in [0.15, 0.2) is 29.8 Å². The smallest absolute Gasteiger partial charge is 0.362 e. The maximum absolute atomic E-state index is 5.45. The molecule has 0 fully saturated rings. The third-order valence-electron chi connectivity index (χ3n) is 2.59. The van der Waals surface area contributed by atoms with E-state index in [2.05, 4.69) is 15.3 Å². The molecule has 2 heterocycles. The van der Waals surface area contributed by atoms with Crippen LogP contribution in [0.1, 0.15) is 23.5 Å². The normalized spacial score (nSPS) is 9.95. The Labute approximate surface area is 128 Å². The van der Waals surface area contributed by atoms with Gasteiger partial charge in [-0.2, -0.15) is 0 Å². The first-order valence-corrected chi connectivity index (χ1v) is 7.09. The zero-order valence-electron chi connectivity index (χ0n) is 13.7. The van der Waals surface area contributed by atoms with Gasteiger partial charge in [-0.1, -0.05) is 12.5 Å². The summed E-state index contributed by atoms with van der Waals surface area (Å²) in [5.74, 6) is 0. The molecule has 2 aromatic rings. The van der Waals surface area contributed by atoms with Gasteiger partial charge in [-0.05, 0) is 31.5 Å². The summed E-state index contributed by atoms with van der Waals surface area (Å²) in [5.41, 5.74) is 7.31. The Bertz CT molecular complexity index is 473. The highest BCUT2D eigenvalue weighted by atomic mass is 35.5. The molecule has 2 aromatic heterocycles. The average Bonchev–Trinajstić information content (AvgIpc) is 2.88. The molecular formula is C13H22ClN4S+3. The molecule has 104 valence electrons. The predicted molar refractivity (Wildman–Crippen MR) is 87.3 cm³/mol. The number of nitrogens with zero attached hydrogens (tertiary/aromatic N) is 2. The van der Waals surface area contributed by atoms with Crippen molar-refractivity contribution in [1.29, 1.82) is 0 Å². The second-order valence-corrected chi connectivity index (χ2v) is 4.89. The monoisotopic (exact) mass is 301 g/mol. The molecular weight excluding hydrogens is 280 g/mol. The molecule has 0 unspecified atom stereocenters. The van der Waals surface area contributed by atoms with Crippen LogP contribution >= 0.6 is 23.7 Å². The van der Waals surface area contributed by atoms with E-state index in [4.69, 9.17) is 5.73 Å². The summed E-state index contributed by atoms with van der Waals surface area (Å²) < 4.78 is 0. The van der Waals surface area contributed by atoms with Crippen molar-refractivity contribution in [3.63, 3.8) is 0 Å². The van der Waals surface area contributed by atoms with Gasteiger partial charge >= 0.3 is 4.28 Å². The first-order valence-electron chi connectivity index (χ1n) is 6.21. The molecule has 0 saturated heterocycles. The SMILES string of the molecule is Cl.NCCCCCNc1nc(-c2ccccn2)cs1.[H+].[H+].[H+]. The third-order valence-corrected chi connectivity index (χ3v) is 3.39. The highest BCUT2D eigenvalue weighted by Crippen LogP contribution is 2.22. The maximum atomic E-state index is 5.45. The summed E-state index contributed by atoms with van der Waals surface area (Å²) in [6, 6.07) is 5.86. The van der Waals surface area contributed by atoms with E-state index in [9.17, 15) is 0 Å². The van der Waals surface area contributed by atoms with Gasteiger partial charge in [0, 0.05) is 18.1 Å². The number of halogens is 1. The number of hydrogen-bond donors (Lipinski definition) is 2. The van der Waals surface area contributed by atoms with E-state index in [1.807, 2.05) is 23.6 Å². The van der Waals surface area contributed by atoms with Gasteiger partial charge in [0.15, 0.2) is 5.13 Å². The number of hydrogen-bond acceptors (Lipinski definition) is 5. The minimum absolute atomic E-state index is 0. The van der Waals surface area contributed by atoms with Gasteiger partial charge in [-0.3, -0.25) is 4.98 Å². The molecule has 0 aliphatic heterocycles. The highest BCUT2D eigenvalue weighted by molar-refractivity contribution is 7.14. The van der Waals surface area contributed by atoms with E-state index in [1.54, 1.807) is 17.5 Å².